The number of rotatable bonds is 5. The molecule has 1 aromatic heterocycles. The van der Waals surface area contributed by atoms with Crippen LogP contribution in [0.5, 0.6) is 0 Å². The van der Waals surface area contributed by atoms with Gasteiger partial charge in [0.25, 0.3) is 0 Å². The van der Waals surface area contributed by atoms with Crippen molar-refractivity contribution in [3.63, 3.8) is 0 Å². The Morgan fingerprint density at radius 2 is 1.83 bits per heavy atom. The van der Waals surface area contributed by atoms with Crippen molar-refractivity contribution in [2.75, 3.05) is 6.54 Å². The van der Waals surface area contributed by atoms with Crippen LogP contribution in [0.2, 0.25) is 0 Å². The van der Waals surface area contributed by atoms with E-state index in [1.807, 2.05) is 18.2 Å². The maximum Gasteiger partial charge on any atom is 0.0661 e. The Hall–Kier alpha value is -1.61. The Kier molecular flexibility index (Phi) is 4.15. The van der Waals surface area contributed by atoms with Gasteiger partial charge in [0.15, 0.2) is 0 Å². The highest BCUT2D eigenvalue weighted by Gasteiger charge is 2.15. The Balaban J connectivity index is 2.54. The number of hydrogen-bond acceptors (Lipinski definition) is 2. The van der Waals surface area contributed by atoms with E-state index in [0.29, 0.717) is 6.54 Å². The van der Waals surface area contributed by atoms with E-state index >= 15 is 0 Å². The van der Waals surface area contributed by atoms with Gasteiger partial charge in [0.2, 0.25) is 0 Å². The average Bonchev–Trinajstić information content (AvgIpc) is 2.78. The quantitative estimate of drug-likeness (QED) is 0.877. The van der Waals surface area contributed by atoms with E-state index in [9.17, 15) is 0 Å². The van der Waals surface area contributed by atoms with Gasteiger partial charge in [0, 0.05) is 5.69 Å². The van der Waals surface area contributed by atoms with Crippen molar-refractivity contribution in [2.45, 2.75) is 33.1 Å². The van der Waals surface area contributed by atoms with Crippen LogP contribution in [0.1, 0.15) is 30.8 Å². The zero-order chi connectivity index (χ0) is 13.0. The highest BCUT2D eigenvalue weighted by molar-refractivity contribution is 5.38. The monoisotopic (exact) mass is 243 g/mol. The molecule has 0 radical (unpaired) electrons. The molecule has 0 spiro atoms. The minimum absolute atomic E-state index is 0.681. The Morgan fingerprint density at radius 3 is 2.39 bits per heavy atom. The molecule has 1 aromatic carbocycles. The number of aromatic nitrogens is 2. The lowest BCUT2D eigenvalue weighted by atomic mass is 10.1. The fourth-order valence-corrected chi connectivity index (χ4v) is 2.40. The lowest BCUT2D eigenvalue weighted by Gasteiger charge is -2.07. The third-order valence-electron chi connectivity index (χ3n) is 3.24. The van der Waals surface area contributed by atoms with E-state index in [1.54, 1.807) is 0 Å². The highest BCUT2D eigenvalue weighted by atomic mass is 15.3. The van der Waals surface area contributed by atoms with E-state index in [1.165, 1.54) is 17.0 Å². The van der Waals surface area contributed by atoms with E-state index in [4.69, 9.17) is 10.8 Å². The van der Waals surface area contributed by atoms with Gasteiger partial charge in [-0.1, -0.05) is 32.0 Å². The number of nitrogens with zero attached hydrogens (tertiary/aromatic N) is 2. The first kappa shape index (κ1) is 12.8. The molecule has 0 atom stereocenters. The van der Waals surface area contributed by atoms with Crippen molar-refractivity contribution >= 4 is 0 Å². The average molecular weight is 243 g/mol. The standard InChI is InChI=1S/C15H21N3/c1-3-14-13(10-11-16)15(4-2)18(17-14)12-8-6-5-7-9-12/h5-9H,3-4,10-11,16H2,1-2H3. The molecular formula is C15H21N3. The van der Waals surface area contributed by atoms with Crippen molar-refractivity contribution in [2.24, 2.45) is 5.73 Å². The molecule has 0 saturated carbocycles. The molecule has 0 aliphatic carbocycles. The molecule has 3 nitrogen and oxygen atoms in total. The van der Waals surface area contributed by atoms with Gasteiger partial charge in [-0.15, -0.1) is 0 Å². The molecule has 1 heterocycles. The number of benzene rings is 1. The molecule has 0 amide bonds. The topological polar surface area (TPSA) is 43.8 Å². The van der Waals surface area contributed by atoms with Crippen LogP contribution in [-0.4, -0.2) is 16.3 Å². The van der Waals surface area contributed by atoms with E-state index in [0.717, 1.165) is 24.9 Å². The van der Waals surface area contributed by atoms with Crippen LogP contribution in [0.3, 0.4) is 0 Å². The maximum absolute atomic E-state index is 5.72. The van der Waals surface area contributed by atoms with Crippen LogP contribution in [0, 0.1) is 0 Å². The van der Waals surface area contributed by atoms with Gasteiger partial charge in [-0.3, -0.25) is 0 Å². The summed E-state index contributed by atoms with van der Waals surface area (Å²) < 4.78 is 2.07. The van der Waals surface area contributed by atoms with E-state index in [-0.39, 0.29) is 0 Å². The van der Waals surface area contributed by atoms with Gasteiger partial charge in [-0.25, -0.2) is 4.68 Å². The Morgan fingerprint density at radius 1 is 1.11 bits per heavy atom. The lowest BCUT2D eigenvalue weighted by Crippen LogP contribution is -2.07. The molecule has 0 unspecified atom stereocenters. The van der Waals surface area contributed by atoms with Crippen molar-refractivity contribution in [1.29, 1.82) is 0 Å². The first-order chi connectivity index (χ1) is 8.81. The molecule has 0 aliphatic heterocycles. The lowest BCUT2D eigenvalue weighted by molar-refractivity contribution is 0.792. The van der Waals surface area contributed by atoms with E-state index in [2.05, 4.69) is 30.7 Å². The van der Waals surface area contributed by atoms with Crippen molar-refractivity contribution in [3.8, 4) is 5.69 Å². The largest absolute Gasteiger partial charge is 0.330 e. The van der Waals surface area contributed by atoms with Gasteiger partial charge in [-0.05, 0) is 43.5 Å². The van der Waals surface area contributed by atoms with Crippen LogP contribution >= 0.6 is 0 Å². The molecular weight excluding hydrogens is 222 g/mol. The Labute approximate surface area is 109 Å². The molecule has 2 N–H and O–H groups in total. The van der Waals surface area contributed by atoms with Crippen LogP contribution in [0.15, 0.2) is 30.3 Å². The second kappa shape index (κ2) is 5.83. The highest BCUT2D eigenvalue weighted by Crippen LogP contribution is 2.20. The number of aryl methyl sites for hydroxylation is 1. The summed E-state index contributed by atoms with van der Waals surface area (Å²) in [5.74, 6) is 0. The minimum Gasteiger partial charge on any atom is -0.330 e. The summed E-state index contributed by atoms with van der Waals surface area (Å²) >= 11 is 0. The van der Waals surface area contributed by atoms with E-state index < -0.39 is 0 Å². The summed E-state index contributed by atoms with van der Waals surface area (Å²) in [7, 11) is 0. The van der Waals surface area contributed by atoms with Crippen LogP contribution in [-0.2, 0) is 19.3 Å². The zero-order valence-corrected chi connectivity index (χ0v) is 11.2. The third-order valence-corrected chi connectivity index (χ3v) is 3.24. The fraction of sp³-hybridized carbons (Fsp3) is 0.400. The van der Waals surface area contributed by atoms with Crippen molar-refractivity contribution in [3.05, 3.63) is 47.3 Å². The summed E-state index contributed by atoms with van der Waals surface area (Å²) in [4.78, 5) is 0. The number of hydrogen-bond donors (Lipinski definition) is 1. The SMILES string of the molecule is CCc1nn(-c2ccccc2)c(CC)c1CCN. The summed E-state index contributed by atoms with van der Waals surface area (Å²) in [6.07, 6.45) is 2.86. The third kappa shape index (κ3) is 2.31. The molecule has 0 fully saturated rings. The van der Waals surface area contributed by atoms with Gasteiger partial charge < -0.3 is 5.73 Å². The Bertz CT molecular complexity index is 500. The van der Waals surface area contributed by atoms with Gasteiger partial charge in [-0.2, -0.15) is 5.10 Å². The number of para-hydroxylation sites is 1. The molecule has 96 valence electrons. The minimum atomic E-state index is 0.681. The van der Waals surface area contributed by atoms with Crippen LogP contribution in [0.25, 0.3) is 5.69 Å². The molecule has 2 aromatic rings. The fourth-order valence-electron chi connectivity index (χ4n) is 2.40. The molecule has 0 aliphatic rings. The molecule has 0 bridgehead atoms. The first-order valence-electron chi connectivity index (χ1n) is 6.66. The van der Waals surface area contributed by atoms with Gasteiger partial charge >= 0.3 is 0 Å². The summed E-state index contributed by atoms with van der Waals surface area (Å²) in [5, 5.41) is 4.75. The molecule has 0 saturated heterocycles. The van der Waals surface area contributed by atoms with Gasteiger partial charge in [0.1, 0.15) is 0 Å². The normalized spacial score (nSPS) is 10.8. The van der Waals surface area contributed by atoms with Crippen LogP contribution < -0.4 is 5.73 Å². The molecule has 3 heteroatoms. The van der Waals surface area contributed by atoms with Crippen LogP contribution in [0.4, 0.5) is 0 Å². The molecule has 2 rings (SSSR count). The number of nitrogens with two attached hydrogens (primary N) is 1. The maximum atomic E-state index is 5.72. The second-order valence-corrected chi connectivity index (χ2v) is 4.37. The predicted octanol–water partition coefficient (Wildman–Crippen LogP) is 2.50. The molecule has 18 heavy (non-hydrogen) atoms. The first-order valence-corrected chi connectivity index (χ1v) is 6.66. The van der Waals surface area contributed by atoms with Gasteiger partial charge in [0.05, 0.1) is 11.4 Å². The summed E-state index contributed by atoms with van der Waals surface area (Å²) in [6.45, 7) is 5.01. The van der Waals surface area contributed by atoms with Crippen molar-refractivity contribution in [1.82, 2.24) is 9.78 Å². The van der Waals surface area contributed by atoms with Crippen molar-refractivity contribution < 1.29 is 0 Å². The second-order valence-electron chi connectivity index (χ2n) is 4.37. The summed E-state index contributed by atoms with van der Waals surface area (Å²) in [6, 6.07) is 10.3. The predicted molar refractivity (Wildman–Crippen MR) is 75.1 cm³/mol. The smallest absolute Gasteiger partial charge is 0.0661 e. The zero-order valence-electron chi connectivity index (χ0n) is 11.2. The summed E-state index contributed by atoms with van der Waals surface area (Å²) in [5.41, 5.74) is 10.7.